The van der Waals surface area contributed by atoms with Gasteiger partial charge in [0.2, 0.25) is 0 Å². The second-order valence-electron chi connectivity index (χ2n) is 5.92. The van der Waals surface area contributed by atoms with E-state index in [1.807, 2.05) is 0 Å². The first-order valence-electron chi connectivity index (χ1n) is 6.02. The summed E-state index contributed by atoms with van der Waals surface area (Å²) in [5.41, 5.74) is 1.14. The van der Waals surface area contributed by atoms with Crippen LogP contribution in [0.4, 0.5) is 0 Å². The Morgan fingerprint density at radius 3 is 2.08 bits per heavy atom. The van der Waals surface area contributed by atoms with Gasteiger partial charge in [0.15, 0.2) is 0 Å². The van der Waals surface area contributed by atoms with Gasteiger partial charge in [0.05, 0.1) is 8.07 Å². The van der Waals surface area contributed by atoms with E-state index in [1.165, 1.54) is 25.3 Å². The zero-order valence-electron chi connectivity index (χ0n) is 9.90. The van der Waals surface area contributed by atoms with Crippen LogP contribution in [0.5, 0.6) is 0 Å². The first kappa shape index (κ1) is 11.3. The molecule has 1 fully saturated rings. The van der Waals surface area contributed by atoms with Crippen molar-refractivity contribution in [1.82, 2.24) is 0 Å². The third kappa shape index (κ3) is 3.45. The Labute approximate surface area is 85.1 Å². The third-order valence-corrected chi connectivity index (χ3v) is 8.30. The summed E-state index contributed by atoms with van der Waals surface area (Å²) in [4.78, 5) is 0. The SMILES string of the molecule is CC(C)C[Si](C)(C)C1CCCCC1. The largest absolute Gasteiger partial charge is 0.0691 e. The van der Waals surface area contributed by atoms with Gasteiger partial charge >= 0.3 is 0 Å². The molecular formula is C12H26Si. The molecule has 1 rings (SSSR count). The van der Waals surface area contributed by atoms with Crippen molar-refractivity contribution in [3.63, 3.8) is 0 Å². The lowest BCUT2D eigenvalue weighted by atomic mass is 10.0. The van der Waals surface area contributed by atoms with Crippen molar-refractivity contribution in [2.45, 2.75) is 70.6 Å². The highest BCUT2D eigenvalue weighted by molar-refractivity contribution is 6.78. The number of hydrogen-bond donors (Lipinski definition) is 0. The van der Waals surface area contributed by atoms with Crippen LogP contribution in [0, 0.1) is 5.92 Å². The molecule has 0 spiro atoms. The van der Waals surface area contributed by atoms with Crippen LogP contribution in [-0.2, 0) is 0 Å². The molecule has 0 aromatic carbocycles. The average Bonchev–Trinajstić information content (AvgIpc) is 2.04. The Morgan fingerprint density at radius 1 is 1.08 bits per heavy atom. The summed E-state index contributed by atoms with van der Waals surface area (Å²) in [5, 5.41) is 0. The van der Waals surface area contributed by atoms with Gasteiger partial charge in [0, 0.05) is 0 Å². The smallest absolute Gasteiger partial charge is 0.0507 e. The highest BCUT2D eigenvalue weighted by Gasteiger charge is 2.32. The predicted molar refractivity (Wildman–Crippen MR) is 64.0 cm³/mol. The molecule has 78 valence electrons. The molecule has 0 unspecified atom stereocenters. The van der Waals surface area contributed by atoms with E-state index in [0.717, 1.165) is 11.5 Å². The van der Waals surface area contributed by atoms with Crippen LogP contribution in [0.25, 0.3) is 0 Å². The quantitative estimate of drug-likeness (QED) is 0.577. The lowest BCUT2D eigenvalue weighted by molar-refractivity contribution is 0.487. The molecule has 0 aromatic heterocycles. The summed E-state index contributed by atoms with van der Waals surface area (Å²) in [6, 6.07) is 1.54. The summed E-state index contributed by atoms with van der Waals surface area (Å²) >= 11 is 0. The fourth-order valence-corrected chi connectivity index (χ4v) is 7.51. The lowest BCUT2D eigenvalue weighted by Gasteiger charge is -2.36. The molecule has 0 aromatic rings. The van der Waals surface area contributed by atoms with Crippen molar-refractivity contribution in [3.05, 3.63) is 0 Å². The summed E-state index contributed by atoms with van der Waals surface area (Å²) in [6.45, 7) is 10.0. The van der Waals surface area contributed by atoms with Crippen LogP contribution in [0.2, 0.25) is 24.7 Å². The molecule has 1 aliphatic rings. The van der Waals surface area contributed by atoms with Gasteiger partial charge in [0.25, 0.3) is 0 Å². The third-order valence-electron chi connectivity index (χ3n) is 3.64. The molecule has 1 saturated carbocycles. The standard InChI is InChI=1S/C12H26Si/c1-11(2)10-13(3,4)12-8-6-5-7-9-12/h11-12H,5-10H2,1-4H3. The highest BCUT2D eigenvalue weighted by Crippen LogP contribution is 2.40. The van der Waals surface area contributed by atoms with Crippen LogP contribution in [-0.4, -0.2) is 8.07 Å². The zero-order valence-corrected chi connectivity index (χ0v) is 10.9. The fraction of sp³-hybridized carbons (Fsp3) is 1.00. The molecule has 0 nitrogen and oxygen atoms in total. The van der Waals surface area contributed by atoms with E-state index in [0.29, 0.717) is 0 Å². The predicted octanol–water partition coefficient (Wildman–Crippen LogP) is 4.69. The van der Waals surface area contributed by atoms with Crippen LogP contribution < -0.4 is 0 Å². The number of hydrogen-bond acceptors (Lipinski definition) is 0. The van der Waals surface area contributed by atoms with Crippen molar-refractivity contribution in [1.29, 1.82) is 0 Å². The minimum Gasteiger partial charge on any atom is -0.0691 e. The Balaban J connectivity index is 2.45. The van der Waals surface area contributed by atoms with Gasteiger partial charge in [-0.3, -0.25) is 0 Å². The molecule has 0 amide bonds. The maximum Gasteiger partial charge on any atom is 0.0507 e. The lowest BCUT2D eigenvalue weighted by Crippen LogP contribution is -2.35. The van der Waals surface area contributed by atoms with Gasteiger partial charge in [-0.05, 0) is 11.5 Å². The Kier molecular flexibility index (Phi) is 4.02. The molecule has 13 heavy (non-hydrogen) atoms. The van der Waals surface area contributed by atoms with E-state index in [2.05, 4.69) is 26.9 Å². The van der Waals surface area contributed by atoms with Crippen molar-refractivity contribution in [3.8, 4) is 0 Å². The van der Waals surface area contributed by atoms with Crippen LogP contribution >= 0.6 is 0 Å². The molecule has 0 aliphatic heterocycles. The minimum absolute atomic E-state index is 0.866. The summed E-state index contributed by atoms with van der Waals surface area (Å²) < 4.78 is 0. The molecule has 0 heterocycles. The van der Waals surface area contributed by atoms with E-state index < -0.39 is 8.07 Å². The van der Waals surface area contributed by atoms with Crippen LogP contribution in [0.3, 0.4) is 0 Å². The van der Waals surface area contributed by atoms with Crippen molar-refractivity contribution >= 4 is 8.07 Å². The van der Waals surface area contributed by atoms with Gasteiger partial charge in [-0.25, -0.2) is 0 Å². The number of rotatable bonds is 3. The molecule has 1 aliphatic carbocycles. The molecule has 0 radical (unpaired) electrons. The van der Waals surface area contributed by atoms with Gasteiger partial charge in [-0.15, -0.1) is 0 Å². The van der Waals surface area contributed by atoms with E-state index in [1.54, 1.807) is 12.8 Å². The molecule has 0 bridgehead atoms. The van der Waals surface area contributed by atoms with E-state index in [-0.39, 0.29) is 0 Å². The summed E-state index contributed by atoms with van der Waals surface area (Å²) in [5.74, 6) is 0.920. The molecular weight excluding hydrogens is 172 g/mol. The second-order valence-corrected chi connectivity index (χ2v) is 11.1. The molecule has 0 N–H and O–H groups in total. The van der Waals surface area contributed by atoms with Crippen molar-refractivity contribution in [2.24, 2.45) is 5.92 Å². The average molecular weight is 198 g/mol. The first-order valence-corrected chi connectivity index (χ1v) is 9.31. The molecule has 0 saturated heterocycles. The second kappa shape index (κ2) is 4.63. The van der Waals surface area contributed by atoms with E-state index in [4.69, 9.17) is 0 Å². The van der Waals surface area contributed by atoms with E-state index >= 15 is 0 Å². The van der Waals surface area contributed by atoms with Crippen LogP contribution in [0.1, 0.15) is 46.0 Å². The van der Waals surface area contributed by atoms with Gasteiger partial charge in [0.1, 0.15) is 0 Å². The normalized spacial score (nSPS) is 21.0. The maximum atomic E-state index is 2.61. The first-order chi connectivity index (χ1) is 6.02. The Bertz CT molecular complexity index is 143. The minimum atomic E-state index is -0.866. The Morgan fingerprint density at radius 2 is 1.62 bits per heavy atom. The summed E-state index contributed by atoms with van der Waals surface area (Å²) in [6.07, 6.45) is 7.62. The van der Waals surface area contributed by atoms with E-state index in [9.17, 15) is 0 Å². The maximum absolute atomic E-state index is 2.61. The summed E-state index contributed by atoms with van der Waals surface area (Å²) in [7, 11) is -0.866. The van der Waals surface area contributed by atoms with Crippen molar-refractivity contribution in [2.75, 3.05) is 0 Å². The Hall–Kier alpha value is 0.217. The van der Waals surface area contributed by atoms with Crippen LogP contribution in [0.15, 0.2) is 0 Å². The highest BCUT2D eigenvalue weighted by atomic mass is 28.3. The molecule has 0 atom stereocenters. The van der Waals surface area contributed by atoms with Crippen molar-refractivity contribution < 1.29 is 0 Å². The topological polar surface area (TPSA) is 0 Å². The van der Waals surface area contributed by atoms with Gasteiger partial charge < -0.3 is 0 Å². The van der Waals surface area contributed by atoms with Gasteiger partial charge in [-0.1, -0.05) is 65.1 Å². The van der Waals surface area contributed by atoms with Gasteiger partial charge in [-0.2, -0.15) is 0 Å². The fourth-order valence-electron chi connectivity index (χ4n) is 3.10. The molecule has 1 heteroatoms. The zero-order chi connectivity index (χ0) is 9.90. The monoisotopic (exact) mass is 198 g/mol.